The van der Waals surface area contributed by atoms with Crippen molar-refractivity contribution in [3.8, 4) is 5.75 Å². The molecule has 1 heterocycles. The molecule has 1 saturated heterocycles. The van der Waals surface area contributed by atoms with Gasteiger partial charge in [-0.25, -0.2) is 0 Å². The number of carbonyl (C=O) groups is 2. The van der Waals surface area contributed by atoms with Crippen LogP contribution in [0.4, 0.5) is 4.79 Å². The summed E-state index contributed by atoms with van der Waals surface area (Å²) in [5, 5.41) is 10.5. The number of nitrogens with one attached hydrogen (secondary N) is 1. The van der Waals surface area contributed by atoms with E-state index in [1.165, 1.54) is 0 Å². The molecule has 1 aromatic rings. The van der Waals surface area contributed by atoms with Gasteiger partial charge in [-0.1, -0.05) is 12.1 Å². The first-order chi connectivity index (χ1) is 8.69. The Morgan fingerprint density at radius 3 is 2.56 bits per heavy atom. The number of hydrogen-bond acceptors (Lipinski definition) is 5. The van der Waals surface area contributed by atoms with Crippen LogP contribution in [0.15, 0.2) is 29.2 Å². The first kappa shape index (κ1) is 12.7. The zero-order valence-electron chi connectivity index (χ0n) is 9.38. The van der Waals surface area contributed by atoms with Crippen molar-refractivity contribution in [2.24, 2.45) is 0 Å². The zero-order valence-corrected chi connectivity index (χ0v) is 10.2. The van der Waals surface area contributed by atoms with E-state index >= 15 is 0 Å². The van der Waals surface area contributed by atoms with E-state index < -0.39 is 0 Å². The molecule has 18 heavy (non-hydrogen) atoms. The van der Waals surface area contributed by atoms with Gasteiger partial charge in [0.15, 0.2) is 0 Å². The lowest BCUT2D eigenvalue weighted by Gasteiger charge is -2.03. The van der Waals surface area contributed by atoms with Gasteiger partial charge in [0.1, 0.15) is 12.4 Å². The second-order valence-electron chi connectivity index (χ2n) is 3.49. The Balaban J connectivity index is 2.08. The standard InChI is InChI=1S/C12H11NO4S/c14-5-6-17-9-3-1-8(2-4-9)7-10-11(15)13-12(16)18-10/h1-4,7,14H,5-6H2,(H,13,15,16). The van der Waals surface area contributed by atoms with Gasteiger partial charge in [0.2, 0.25) is 0 Å². The third-order valence-electron chi connectivity index (χ3n) is 2.18. The summed E-state index contributed by atoms with van der Waals surface area (Å²) in [4.78, 5) is 22.7. The lowest BCUT2D eigenvalue weighted by atomic mass is 10.2. The van der Waals surface area contributed by atoms with Crippen LogP contribution in [-0.2, 0) is 4.79 Å². The highest BCUT2D eigenvalue weighted by Crippen LogP contribution is 2.26. The molecule has 0 aliphatic carbocycles. The Morgan fingerprint density at radius 2 is 2.00 bits per heavy atom. The molecule has 0 saturated carbocycles. The molecule has 0 unspecified atom stereocenters. The van der Waals surface area contributed by atoms with Gasteiger partial charge in [0, 0.05) is 0 Å². The number of aliphatic hydroxyl groups excluding tert-OH is 1. The van der Waals surface area contributed by atoms with Gasteiger partial charge in [0.25, 0.3) is 11.1 Å². The van der Waals surface area contributed by atoms with E-state index in [-0.39, 0.29) is 24.4 Å². The number of carbonyl (C=O) groups excluding carboxylic acids is 2. The van der Waals surface area contributed by atoms with Crippen LogP contribution in [0.2, 0.25) is 0 Å². The number of hydrogen-bond donors (Lipinski definition) is 2. The summed E-state index contributed by atoms with van der Waals surface area (Å²) in [6, 6.07) is 7.02. The number of imide groups is 1. The number of rotatable bonds is 4. The van der Waals surface area contributed by atoms with Gasteiger partial charge in [-0.2, -0.15) is 0 Å². The Hall–Kier alpha value is -1.79. The fourth-order valence-corrected chi connectivity index (χ4v) is 2.08. The molecule has 5 nitrogen and oxygen atoms in total. The Morgan fingerprint density at radius 1 is 1.28 bits per heavy atom. The summed E-state index contributed by atoms with van der Waals surface area (Å²) >= 11 is 0.884. The van der Waals surface area contributed by atoms with E-state index in [9.17, 15) is 9.59 Å². The Kier molecular flexibility index (Phi) is 4.01. The van der Waals surface area contributed by atoms with Crippen molar-refractivity contribution in [1.82, 2.24) is 5.32 Å². The summed E-state index contributed by atoms with van der Waals surface area (Å²) in [7, 11) is 0. The van der Waals surface area contributed by atoms with Crippen LogP contribution >= 0.6 is 11.8 Å². The van der Waals surface area contributed by atoms with Gasteiger partial charge in [-0.15, -0.1) is 0 Å². The van der Waals surface area contributed by atoms with E-state index in [1.807, 2.05) is 0 Å². The van der Waals surface area contributed by atoms with Gasteiger partial charge in [-0.05, 0) is 35.5 Å². The maximum atomic E-state index is 11.3. The van der Waals surface area contributed by atoms with Crippen LogP contribution in [0, 0.1) is 0 Å². The maximum absolute atomic E-state index is 11.3. The van der Waals surface area contributed by atoms with E-state index in [0.717, 1.165) is 17.3 Å². The topological polar surface area (TPSA) is 75.6 Å². The normalized spacial score (nSPS) is 17.1. The molecule has 1 aliphatic rings. The molecular weight excluding hydrogens is 254 g/mol. The van der Waals surface area contributed by atoms with Crippen molar-refractivity contribution < 1.29 is 19.4 Å². The molecule has 0 aromatic heterocycles. The second-order valence-corrected chi connectivity index (χ2v) is 4.51. The first-order valence-electron chi connectivity index (χ1n) is 5.27. The SMILES string of the molecule is O=C1NC(=O)C(=Cc2ccc(OCCO)cc2)S1. The molecule has 0 spiro atoms. The van der Waals surface area contributed by atoms with Crippen molar-refractivity contribution >= 4 is 29.0 Å². The fraction of sp³-hybridized carbons (Fsp3) is 0.167. The summed E-state index contributed by atoms with van der Waals surface area (Å²) in [5.41, 5.74) is 0.804. The van der Waals surface area contributed by atoms with Crippen molar-refractivity contribution in [1.29, 1.82) is 0 Å². The van der Waals surface area contributed by atoms with Crippen LogP contribution < -0.4 is 10.1 Å². The van der Waals surface area contributed by atoms with E-state index in [4.69, 9.17) is 9.84 Å². The molecule has 1 aromatic carbocycles. The number of ether oxygens (including phenoxy) is 1. The average Bonchev–Trinajstić information content (AvgIpc) is 2.67. The molecule has 1 aliphatic heterocycles. The zero-order chi connectivity index (χ0) is 13.0. The molecule has 2 rings (SSSR count). The minimum Gasteiger partial charge on any atom is -0.491 e. The number of thioether (sulfide) groups is 1. The van der Waals surface area contributed by atoms with Gasteiger partial charge < -0.3 is 9.84 Å². The van der Waals surface area contributed by atoms with E-state index in [2.05, 4.69) is 5.32 Å². The summed E-state index contributed by atoms with van der Waals surface area (Å²) in [5.74, 6) is 0.274. The third kappa shape index (κ3) is 3.12. The molecule has 2 amide bonds. The largest absolute Gasteiger partial charge is 0.491 e. The minimum atomic E-state index is -0.370. The van der Waals surface area contributed by atoms with E-state index in [0.29, 0.717) is 10.7 Å². The summed E-state index contributed by atoms with van der Waals surface area (Å²) in [6.45, 7) is 0.206. The van der Waals surface area contributed by atoms with E-state index in [1.54, 1.807) is 30.3 Å². The first-order valence-corrected chi connectivity index (χ1v) is 6.09. The lowest BCUT2D eigenvalue weighted by molar-refractivity contribution is -0.115. The highest BCUT2D eigenvalue weighted by atomic mass is 32.2. The smallest absolute Gasteiger partial charge is 0.290 e. The van der Waals surface area contributed by atoms with Crippen molar-refractivity contribution in [3.05, 3.63) is 34.7 Å². The van der Waals surface area contributed by atoms with Gasteiger partial charge in [-0.3, -0.25) is 14.9 Å². The number of benzene rings is 1. The number of amides is 2. The highest BCUT2D eigenvalue weighted by Gasteiger charge is 2.24. The number of aliphatic hydroxyl groups is 1. The van der Waals surface area contributed by atoms with Crippen molar-refractivity contribution in [2.45, 2.75) is 0 Å². The van der Waals surface area contributed by atoms with Crippen molar-refractivity contribution in [3.63, 3.8) is 0 Å². The quantitative estimate of drug-likeness (QED) is 0.804. The highest BCUT2D eigenvalue weighted by molar-refractivity contribution is 8.18. The Bertz CT molecular complexity index is 495. The molecule has 0 bridgehead atoms. The molecule has 0 atom stereocenters. The van der Waals surface area contributed by atoms with Crippen LogP contribution in [0.5, 0.6) is 5.75 Å². The summed E-state index contributed by atoms with van der Waals surface area (Å²) in [6.07, 6.45) is 1.64. The molecule has 1 fully saturated rings. The average molecular weight is 265 g/mol. The molecule has 94 valence electrons. The molecule has 2 N–H and O–H groups in total. The van der Waals surface area contributed by atoms with Crippen molar-refractivity contribution in [2.75, 3.05) is 13.2 Å². The predicted octanol–water partition coefficient (Wildman–Crippen LogP) is 1.38. The van der Waals surface area contributed by atoms with Gasteiger partial charge in [0.05, 0.1) is 11.5 Å². The molecular formula is C12H11NO4S. The summed E-state index contributed by atoms with van der Waals surface area (Å²) < 4.78 is 5.21. The van der Waals surface area contributed by atoms with Crippen LogP contribution in [-0.4, -0.2) is 29.5 Å². The van der Waals surface area contributed by atoms with Crippen LogP contribution in [0.3, 0.4) is 0 Å². The lowest BCUT2D eigenvalue weighted by Crippen LogP contribution is -2.17. The third-order valence-corrected chi connectivity index (χ3v) is 2.99. The van der Waals surface area contributed by atoms with Gasteiger partial charge >= 0.3 is 0 Å². The molecule has 6 heteroatoms. The fourth-order valence-electron chi connectivity index (χ4n) is 1.40. The predicted molar refractivity (Wildman–Crippen MR) is 68.1 cm³/mol. The Labute approximate surface area is 108 Å². The van der Waals surface area contributed by atoms with Crippen LogP contribution in [0.25, 0.3) is 6.08 Å². The minimum absolute atomic E-state index is 0.0370. The second kappa shape index (κ2) is 5.70. The maximum Gasteiger partial charge on any atom is 0.290 e. The molecule has 0 radical (unpaired) electrons. The van der Waals surface area contributed by atoms with Crippen LogP contribution in [0.1, 0.15) is 5.56 Å². The monoisotopic (exact) mass is 265 g/mol.